The standard InChI is InChI=1S/C22H18Cl2N2O4/c1-15-5-8-18(9-6-15)25(11-12-30-21-10-7-17(23)14-20(21)24)22(27)16-3-2-4-19(13-16)26(28)29/h2-10,13-14H,11-12H2,1H3. The highest BCUT2D eigenvalue weighted by Gasteiger charge is 2.20. The second-order valence-corrected chi connectivity index (χ2v) is 7.37. The fraction of sp³-hybridized carbons (Fsp3) is 0.136. The molecule has 0 atom stereocenters. The molecule has 6 nitrogen and oxygen atoms in total. The number of aryl methyl sites for hydroxylation is 1. The highest BCUT2D eigenvalue weighted by Crippen LogP contribution is 2.28. The number of hydrogen-bond acceptors (Lipinski definition) is 4. The van der Waals surface area contributed by atoms with Gasteiger partial charge in [-0.25, -0.2) is 0 Å². The average molecular weight is 445 g/mol. The van der Waals surface area contributed by atoms with Crippen molar-refractivity contribution in [2.45, 2.75) is 6.92 Å². The van der Waals surface area contributed by atoms with E-state index in [1.807, 2.05) is 31.2 Å². The number of anilines is 1. The van der Waals surface area contributed by atoms with Crippen LogP contribution in [0.4, 0.5) is 11.4 Å². The van der Waals surface area contributed by atoms with Gasteiger partial charge in [-0.1, -0.05) is 47.0 Å². The first kappa shape index (κ1) is 21.6. The lowest BCUT2D eigenvalue weighted by Crippen LogP contribution is -2.34. The van der Waals surface area contributed by atoms with E-state index in [2.05, 4.69) is 0 Å². The topological polar surface area (TPSA) is 72.7 Å². The maximum atomic E-state index is 13.2. The molecule has 0 aromatic heterocycles. The lowest BCUT2D eigenvalue weighted by Gasteiger charge is -2.23. The van der Waals surface area contributed by atoms with Crippen LogP contribution < -0.4 is 9.64 Å². The largest absolute Gasteiger partial charge is 0.490 e. The van der Waals surface area contributed by atoms with Crippen molar-refractivity contribution < 1.29 is 14.5 Å². The maximum absolute atomic E-state index is 13.2. The number of carbonyl (C=O) groups is 1. The molecular formula is C22H18Cl2N2O4. The molecule has 154 valence electrons. The molecule has 0 fully saturated rings. The Kier molecular flexibility index (Phi) is 6.92. The Balaban J connectivity index is 1.83. The molecule has 1 amide bonds. The number of nitro groups is 1. The van der Waals surface area contributed by atoms with Gasteiger partial charge in [0.15, 0.2) is 0 Å². The molecule has 3 rings (SSSR count). The van der Waals surface area contributed by atoms with E-state index in [4.69, 9.17) is 27.9 Å². The second kappa shape index (κ2) is 9.61. The summed E-state index contributed by atoms with van der Waals surface area (Å²) in [6, 6.07) is 18.0. The number of non-ortho nitro benzene ring substituents is 1. The van der Waals surface area contributed by atoms with Crippen molar-refractivity contribution in [2.75, 3.05) is 18.1 Å². The number of amides is 1. The fourth-order valence-corrected chi connectivity index (χ4v) is 3.28. The molecule has 0 radical (unpaired) electrons. The zero-order chi connectivity index (χ0) is 21.7. The summed E-state index contributed by atoms with van der Waals surface area (Å²) in [7, 11) is 0. The third kappa shape index (κ3) is 5.28. The Morgan fingerprint density at radius 3 is 2.47 bits per heavy atom. The Morgan fingerprint density at radius 1 is 1.07 bits per heavy atom. The van der Waals surface area contributed by atoms with Crippen LogP contribution in [-0.2, 0) is 0 Å². The van der Waals surface area contributed by atoms with Gasteiger partial charge >= 0.3 is 0 Å². The van der Waals surface area contributed by atoms with Crippen LogP contribution in [0.2, 0.25) is 10.0 Å². The third-order valence-corrected chi connectivity index (χ3v) is 4.89. The first-order chi connectivity index (χ1) is 14.3. The molecule has 0 spiro atoms. The van der Waals surface area contributed by atoms with E-state index < -0.39 is 4.92 Å². The van der Waals surface area contributed by atoms with Gasteiger partial charge in [0.25, 0.3) is 11.6 Å². The lowest BCUT2D eigenvalue weighted by atomic mass is 10.1. The number of benzene rings is 3. The Bertz CT molecular complexity index is 1070. The molecule has 0 aliphatic carbocycles. The van der Waals surface area contributed by atoms with Gasteiger partial charge in [-0.2, -0.15) is 0 Å². The average Bonchev–Trinajstić information content (AvgIpc) is 2.73. The Hall–Kier alpha value is -3.09. The van der Waals surface area contributed by atoms with E-state index in [0.29, 0.717) is 21.5 Å². The molecule has 3 aromatic rings. The molecule has 3 aromatic carbocycles. The minimum absolute atomic E-state index is 0.145. The Labute approximate surface area is 183 Å². The van der Waals surface area contributed by atoms with Crippen molar-refractivity contribution in [3.63, 3.8) is 0 Å². The molecule has 0 bridgehead atoms. The minimum Gasteiger partial charge on any atom is -0.490 e. The van der Waals surface area contributed by atoms with Gasteiger partial charge in [-0.05, 0) is 43.3 Å². The highest BCUT2D eigenvalue weighted by atomic mass is 35.5. The molecule has 0 heterocycles. The number of rotatable bonds is 7. The van der Waals surface area contributed by atoms with Crippen molar-refractivity contribution in [3.8, 4) is 5.75 Å². The summed E-state index contributed by atoms with van der Waals surface area (Å²) < 4.78 is 5.72. The van der Waals surface area contributed by atoms with Gasteiger partial charge in [-0.3, -0.25) is 14.9 Å². The van der Waals surface area contributed by atoms with Crippen LogP contribution >= 0.6 is 23.2 Å². The molecule has 0 saturated carbocycles. The van der Waals surface area contributed by atoms with E-state index in [9.17, 15) is 14.9 Å². The summed E-state index contributed by atoms with van der Waals surface area (Å²) >= 11 is 12.0. The Morgan fingerprint density at radius 2 is 1.80 bits per heavy atom. The van der Waals surface area contributed by atoms with Crippen LogP contribution in [0.5, 0.6) is 5.75 Å². The van der Waals surface area contributed by atoms with E-state index in [0.717, 1.165) is 5.56 Å². The van der Waals surface area contributed by atoms with Crippen LogP contribution in [0.15, 0.2) is 66.7 Å². The zero-order valence-corrected chi connectivity index (χ0v) is 17.6. The minimum atomic E-state index is -0.529. The molecule has 8 heteroatoms. The van der Waals surface area contributed by atoms with Crippen LogP contribution in [0.25, 0.3) is 0 Å². The summed E-state index contributed by atoms with van der Waals surface area (Å²) in [5, 5.41) is 11.9. The van der Waals surface area contributed by atoms with E-state index in [-0.39, 0.29) is 30.3 Å². The molecule has 0 unspecified atom stereocenters. The number of halogens is 2. The summed E-state index contributed by atoms with van der Waals surface area (Å²) in [5.74, 6) is 0.0843. The number of hydrogen-bond donors (Lipinski definition) is 0. The monoisotopic (exact) mass is 444 g/mol. The van der Waals surface area contributed by atoms with Crippen molar-refractivity contribution >= 4 is 40.5 Å². The second-order valence-electron chi connectivity index (χ2n) is 6.52. The van der Waals surface area contributed by atoms with Crippen LogP contribution in [0.1, 0.15) is 15.9 Å². The number of ether oxygens (including phenoxy) is 1. The molecular weight excluding hydrogens is 427 g/mol. The van der Waals surface area contributed by atoms with Crippen LogP contribution in [0, 0.1) is 17.0 Å². The van der Waals surface area contributed by atoms with Crippen molar-refractivity contribution in [3.05, 3.63) is 98.0 Å². The van der Waals surface area contributed by atoms with Gasteiger partial charge in [0, 0.05) is 28.4 Å². The van der Waals surface area contributed by atoms with Crippen molar-refractivity contribution in [1.29, 1.82) is 0 Å². The summed E-state index contributed by atoms with van der Waals surface area (Å²) in [5.41, 5.74) is 1.77. The van der Waals surface area contributed by atoms with Gasteiger partial charge in [0.2, 0.25) is 0 Å². The van der Waals surface area contributed by atoms with Gasteiger partial charge in [-0.15, -0.1) is 0 Å². The van der Waals surface area contributed by atoms with E-state index in [1.165, 1.54) is 23.1 Å². The molecule has 30 heavy (non-hydrogen) atoms. The normalized spacial score (nSPS) is 10.5. The molecule has 0 aliphatic rings. The first-order valence-corrected chi connectivity index (χ1v) is 9.81. The van der Waals surface area contributed by atoms with E-state index >= 15 is 0 Å². The highest BCUT2D eigenvalue weighted by molar-refractivity contribution is 6.35. The first-order valence-electron chi connectivity index (χ1n) is 9.06. The predicted octanol–water partition coefficient (Wildman–Crippen LogP) is 5.94. The smallest absolute Gasteiger partial charge is 0.270 e. The maximum Gasteiger partial charge on any atom is 0.270 e. The zero-order valence-electron chi connectivity index (χ0n) is 16.0. The fourth-order valence-electron chi connectivity index (χ4n) is 2.82. The summed E-state index contributed by atoms with van der Waals surface area (Å²) in [6.45, 7) is 2.32. The summed E-state index contributed by atoms with van der Waals surface area (Å²) in [6.07, 6.45) is 0. The van der Waals surface area contributed by atoms with Gasteiger partial charge < -0.3 is 9.64 Å². The number of carbonyl (C=O) groups excluding carboxylic acids is 1. The predicted molar refractivity (Wildman–Crippen MR) is 118 cm³/mol. The third-order valence-electron chi connectivity index (χ3n) is 4.36. The molecule has 0 aliphatic heterocycles. The SMILES string of the molecule is Cc1ccc(N(CCOc2ccc(Cl)cc2Cl)C(=O)c2cccc([N+](=O)[O-])c2)cc1. The van der Waals surface area contributed by atoms with Crippen molar-refractivity contribution in [2.24, 2.45) is 0 Å². The van der Waals surface area contributed by atoms with Gasteiger partial charge in [0.05, 0.1) is 16.5 Å². The quantitative estimate of drug-likeness (QED) is 0.334. The van der Waals surface area contributed by atoms with Gasteiger partial charge in [0.1, 0.15) is 12.4 Å². The molecule has 0 saturated heterocycles. The van der Waals surface area contributed by atoms with Crippen LogP contribution in [-0.4, -0.2) is 24.0 Å². The lowest BCUT2D eigenvalue weighted by molar-refractivity contribution is -0.384. The van der Waals surface area contributed by atoms with Crippen molar-refractivity contribution in [1.82, 2.24) is 0 Å². The number of nitro benzene ring substituents is 1. The van der Waals surface area contributed by atoms with E-state index in [1.54, 1.807) is 24.3 Å². The van der Waals surface area contributed by atoms with Crippen LogP contribution in [0.3, 0.4) is 0 Å². The molecule has 0 N–H and O–H groups in total. The number of nitrogens with zero attached hydrogens (tertiary/aromatic N) is 2. The summed E-state index contributed by atoms with van der Waals surface area (Å²) in [4.78, 5) is 25.2.